The molecule has 0 unspecified atom stereocenters. The van der Waals surface area contributed by atoms with E-state index < -0.39 is 23.5 Å². The van der Waals surface area contributed by atoms with E-state index >= 15 is 0 Å². The first-order valence-electron chi connectivity index (χ1n) is 9.08. The second-order valence-electron chi connectivity index (χ2n) is 6.83. The van der Waals surface area contributed by atoms with Gasteiger partial charge in [0.1, 0.15) is 17.9 Å². The van der Waals surface area contributed by atoms with Crippen LogP contribution in [0.25, 0.3) is 0 Å². The number of amides is 1. The average Bonchev–Trinajstić information content (AvgIpc) is 2.96. The predicted octanol–water partition coefficient (Wildman–Crippen LogP) is 3.37. The maximum absolute atomic E-state index is 12.5. The highest BCUT2D eigenvalue weighted by Crippen LogP contribution is 2.33. The van der Waals surface area contributed by atoms with Crippen molar-refractivity contribution >= 4 is 17.6 Å². The Morgan fingerprint density at radius 2 is 1.81 bits per heavy atom. The molecular formula is C20H24N2O5. The van der Waals surface area contributed by atoms with Gasteiger partial charge in [0.2, 0.25) is 5.88 Å². The van der Waals surface area contributed by atoms with Gasteiger partial charge in [-0.15, -0.1) is 0 Å². The minimum absolute atomic E-state index is 0.282. The number of hydrogen-bond donors (Lipinski definition) is 3. The summed E-state index contributed by atoms with van der Waals surface area (Å²) in [5, 5.41) is 22.8. The number of benzene rings is 1. The lowest BCUT2D eigenvalue weighted by molar-refractivity contribution is -0.141. The van der Waals surface area contributed by atoms with Crippen LogP contribution in [0.5, 0.6) is 11.6 Å². The molecule has 7 heteroatoms. The highest BCUT2D eigenvalue weighted by molar-refractivity contribution is 6.08. The fourth-order valence-electron chi connectivity index (χ4n) is 3.54. The van der Waals surface area contributed by atoms with Crippen LogP contribution >= 0.6 is 0 Å². The molecule has 1 aromatic heterocycles. The smallest absolute Gasteiger partial charge is 0.325 e. The Morgan fingerprint density at radius 3 is 2.44 bits per heavy atom. The average molecular weight is 372 g/mol. The number of carbonyl (C=O) groups is 2. The maximum Gasteiger partial charge on any atom is 0.325 e. The Labute approximate surface area is 157 Å². The van der Waals surface area contributed by atoms with E-state index in [0.29, 0.717) is 11.6 Å². The number of nitrogens with zero attached hydrogens (tertiary/aromatic N) is 1. The van der Waals surface area contributed by atoms with Crippen molar-refractivity contribution in [1.29, 1.82) is 0 Å². The second-order valence-corrected chi connectivity index (χ2v) is 6.83. The Balaban J connectivity index is 1.71. The highest BCUT2D eigenvalue weighted by Gasteiger charge is 2.23. The Hall–Kier alpha value is -2.96. The van der Waals surface area contributed by atoms with E-state index in [0.717, 1.165) is 10.8 Å². The molecule has 7 nitrogen and oxygen atoms in total. The maximum atomic E-state index is 12.5. The number of rotatable bonds is 5. The summed E-state index contributed by atoms with van der Waals surface area (Å²) < 4.78 is 5.58. The van der Waals surface area contributed by atoms with Crippen molar-refractivity contribution in [2.45, 2.75) is 44.6 Å². The molecule has 1 saturated carbocycles. The number of aromatic hydroxyl groups is 2. The van der Waals surface area contributed by atoms with Gasteiger partial charge in [0.15, 0.2) is 0 Å². The number of aromatic nitrogens is 1. The molecule has 1 amide bonds. The number of carbonyl (C=O) groups excluding carboxylic acids is 2. The number of hydrogen-bond acceptors (Lipinski definition) is 5. The number of methoxy groups -OCH3 is 1. The van der Waals surface area contributed by atoms with Crippen molar-refractivity contribution in [3.8, 4) is 11.6 Å². The summed E-state index contributed by atoms with van der Waals surface area (Å²) in [6.45, 7) is -0.306. The second kappa shape index (κ2) is 8.16. The largest absolute Gasteiger partial charge is 0.505 e. The predicted molar refractivity (Wildman–Crippen MR) is 100.0 cm³/mol. The molecule has 1 heterocycles. The Morgan fingerprint density at radius 1 is 1.15 bits per heavy atom. The van der Waals surface area contributed by atoms with Crippen LogP contribution in [-0.4, -0.2) is 33.8 Å². The van der Waals surface area contributed by atoms with Crippen LogP contribution in [0.2, 0.25) is 0 Å². The van der Waals surface area contributed by atoms with E-state index in [9.17, 15) is 19.8 Å². The quantitative estimate of drug-likeness (QED) is 0.699. The normalized spacial score (nSPS) is 14.7. The van der Waals surface area contributed by atoms with Crippen LogP contribution in [0, 0.1) is 0 Å². The minimum Gasteiger partial charge on any atom is -0.505 e. The van der Waals surface area contributed by atoms with E-state index in [-0.39, 0.29) is 12.1 Å². The third-order valence-corrected chi connectivity index (χ3v) is 5.03. The van der Waals surface area contributed by atoms with Crippen LogP contribution in [0.1, 0.15) is 53.9 Å². The summed E-state index contributed by atoms with van der Waals surface area (Å²) in [5.41, 5.74) is 1.55. The molecule has 2 aromatic rings. The van der Waals surface area contributed by atoms with E-state index in [1.807, 2.05) is 24.3 Å². The van der Waals surface area contributed by atoms with E-state index in [4.69, 9.17) is 0 Å². The van der Waals surface area contributed by atoms with Crippen molar-refractivity contribution in [3.63, 3.8) is 0 Å². The van der Waals surface area contributed by atoms with Crippen molar-refractivity contribution in [2.24, 2.45) is 0 Å². The first kappa shape index (κ1) is 18.8. The molecule has 27 heavy (non-hydrogen) atoms. The summed E-state index contributed by atoms with van der Waals surface area (Å²) in [7, 11) is 1.22. The third kappa shape index (κ3) is 4.24. The van der Waals surface area contributed by atoms with Gasteiger partial charge >= 0.3 is 5.97 Å². The third-order valence-electron chi connectivity index (χ3n) is 5.03. The fourth-order valence-corrected chi connectivity index (χ4v) is 3.54. The number of esters is 1. The molecule has 144 valence electrons. The summed E-state index contributed by atoms with van der Waals surface area (Å²) in [6.07, 6.45) is 7.32. The van der Waals surface area contributed by atoms with Gasteiger partial charge in [-0.3, -0.25) is 9.59 Å². The van der Waals surface area contributed by atoms with Crippen molar-refractivity contribution in [3.05, 3.63) is 41.6 Å². The van der Waals surface area contributed by atoms with Gasteiger partial charge in [0.05, 0.1) is 13.3 Å². The zero-order chi connectivity index (χ0) is 19.4. The lowest BCUT2D eigenvalue weighted by Gasteiger charge is -2.22. The molecule has 0 aliphatic heterocycles. The SMILES string of the molecule is COC(=O)Cn1cc(O)c(C(=O)Nc2ccc(C3CCCCC3)cc2)c1O. The molecule has 3 N–H and O–H groups in total. The molecule has 0 bridgehead atoms. The van der Waals surface area contributed by atoms with Gasteiger partial charge in [-0.05, 0) is 36.5 Å². The summed E-state index contributed by atoms with van der Waals surface area (Å²) in [4.78, 5) is 23.8. The van der Waals surface area contributed by atoms with Gasteiger partial charge in [-0.1, -0.05) is 31.4 Å². The summed E-state index contributed by atoms with van der Waals surface area (Å²) in [5.74, 6) is -1.59. The number of ether oxygens (including phenoxy) is 1. The highest BCUT2D eigenvalue weighted by atomic mass is 16.5. The summed E-state index contributed by atoms with van der Waals surface area (Å²) >= 11 is 0. The molecule has 0 atom stereocenters. The molecule has 0 radical (unpaired) electrons. The van der Waals surface area contributed by atoms with Crippen molar-refractivity contribution in [2.75, 3.05) is 12.4 Å². The summed E-state index contributed by atoms with van der Waals surface area (Å²) in [6, 6.07) is 7.66. The lowest BCUT2D eigenvalue weighted by atomic mass is 9.84. The van der Waals surface area contributed by atoms with Crippen LogP contribution < -0.4 is 5.32 Å². The van der Waals surface area contributed by atoms with Gasteiger partial charge in [-0.25, -0.2) is 0 Å². The molecular weight excluding hydrogens is 348 g/mol. The zero-order valence-electron chi connectivity index (χ0n) is 15.3. The van der Waals surface area contributed by atoms with Crippen LogP contribution in [0.15, 0.2) is 30.5 Å². The van der Waals surface area contributed by atoms with Crippen LogP contribution in [-0.2, 0) is 16.1 Å². The zero-order valence-corrected chi connectivity index (χ0v) is 15.3. The van der Waals surface area contributed by atoms with Crippen LogP contribution in [0.3, 0.4) is 0 Å². The first-order chi connectivity index (χ1) is 13.0. The van der Waals surface area contributed by atoms with E-state index in [1.165, 1.54) is 44.8 Å². The Kier molecular flexibility index (Phi) is 5.69. The topological polar surface area (TPSA) is 101 Å². The molecule has 0 spiro atoms. The fraction of sp³-hybridized carbons (Fsp3) is 0.400. The molecule has 1 aliphatic rings. The number of anilines is 1. The van der Waals surface area contributed by atoms with Crippen molar-refractivity contribution in [1.82, 2.24) is 4.57 Å². The van der Waals surface area contributed by atoms with E-state index in [1.54, 1.807) is 0 Å². The molecule has 3 rings (SSSR count). The van der Waals surface area contributed by atoms with Crippen LogP contribution in [0.4, 0.5) is 5.69 Å². The monoisotopic (exact) mass is 372 g/mol. The first-order valence-corrected chi connectivity index (χ1v) is 9.08. The Bertz CT molecular complexity index is 820. The molecule has 1 fully saturated rings. The number of nitrogens with one attached hydrogen (secondary N) is 1. The van der Waals surface area contributed by atoms with Gasteiger partial charge < -0.3 is 24.8 Å². The lowest BCUT2D eigenvalue weighted by Crippen LogP contribution is -2.13. The molecule has 1 aromatic carbocycles. The van der Waals surface area contributed by atoms with Gasteiger partial charge in [0, 0.05) is 5.69 Å². The molecule has 0 saturated heterocycles. The molecule has 1 aliphatic carbocycles. The minimum atomic E-state index is -0.654. The van der Waals surface area contributed by atoms with Gasteiger partial charge in [0.25, 0.3) is 5.91 Å². The van der Waals surface area contributed by atoms with Gasteiger partial charge in [-0.2, -0.15) is 0 Å². The van der Waals surface area contributed by atoms with Crippen molar-refractivity contribution < 1.29 is 24.5 Å². The standard InChI is InChI=1S/C20H24N2O5/c1-27-17(24)12-22-11-16(23)18(20(22)26)19(25)21-15-9-7-14(8-10-15)13-5-3-2-4-6-13/h7-11,13,23,26H,2-6,12H2,1H3,(H,21,25). The van der Waals surface area contributed by atoms with E-state index in [2.05, 4.69) is 10.1 Å².